The Hall–Kier alpha value is -1.61. The minimum absolute atomic E-state index is 0.0898. The first-order valence-electron chi connectivity index (χ1n) is 4.52. The number of phenolic OH excluding ortho intramolecular Hbond substituents is 1. The van der Waals surface area contributed by atoms with E-state index < -0.39 is 11.6 Å². The van der Waals surface area contributed by atoms with Crippen molar-refractivity contribution in [1.29, 1.82) is 0 Å². The Labute approximate surface area is 95.9 Å². The van der Waals surface area contributed by atoms with Crippen molar-refractivity contribution in [3.05, 3.63) is 53.1 Å². The second kappa shape index (κ2) is 4.10. The van der Waals surface area contributed by atoms with Crippen LogP contribution in [0.3, 0.4) is 0 Å². The molecule has 0 aliphatic heterocycles. The molecule has 0 bridgehead atoms. The van der Waals surface area contributed by atoms with Crippen molar-refractivity contribution in [2.45, 2.75) is 0 Å². The van der Waals surface area contributed by atoms with Crippen molar-refractivity contribution >= 4 is 11.6 Å². The highest BCUT2D eigenvalue weighted by Gasteiger charge is 2.10. The highest BCUT2D eigenvalue weighted by molar-refractivity contribution is 6.30. The Morgan fingerprint density at radius 3 is 2.00 bits per heavy atom. The number of rotatable bonds is 1. The molecule has 0 spiro atoms. The van der Waals surface area contributed by atoms with E-state index in [4.69, 9.17) is 16.7 Å². The number of hydrogen-bond donors (Lipinski definition) is 1. The van der Waals surface area contributed by atoms with E-state index in [1.54, 1.807) is 0 Å². The maximum atomic E-state index is 13.5. The molecule has 0 aliphatic carbocycles. The van der Waals surface area contributed by atoms with E-state index in [1.165, 1.54) is 24.3 Å². The van der Waals surface area contributed by atoms with E-state index in [2.05, 4.69) is 0 Å². The predicted octanol–water partition coefficient (Wildman–Crippen LogP) is 3.99. The lowest BCUT2D eigenvalue weighted by Gasteiger charge is -2.05. The van der Waals surface area contributed by atoms with Gasteiger partial charge in [0.25, 0.3) is 0 Å². The Morgan fingerprint density at radius 1 is 0.875 bits per heavy atom. The normalized spacial score (nSPS) is 10.4. The minimum atomic E-state index is -0.679. The molecule has 2 aromatic rings. The van der Waals surface area contributed by atoms with Crippen molar-refractivity contribution < 1.29 is 13.9 Å². The zero-order chi connectivity index (χ0) is 11.7. The van der Waals surface area contributed by atoms with Gasteiger partial charge in [0.15, 0.2) is 0 Å². The van der Waals surface area contributed by atoms with Gasteiger partial charge in [0, 0.05) is 22.2 Å². The first-order valence-corrected chi connectivity index (χ1v) is 4.89. The van der Waals surface area contributed by atoms with E-state index >= 15 is 0 Å². The zero-order valence-corrected chi connectivity index (χ0v) is 8.80. The summed E-state index contributed by atoms with van der Waals surface area (Å²) in [5.74, 6) is -1.48. The lowest BCUT2D eigenvalue weighted by atomic mass is 10.0. The lowest BCUT2D eigenvalue weighted by molar-refractivity contribution is 0.469. The Kier molecular flexibility index (Phi) is 2.79. The van der Waals surface area contributed by atoms with Gasteiger partial charge in [0.1, 0.15) is 17.4 Å². The molecule has 0 radical (unpaired) electrons. The number of aromatic hydroxyl groups is 1. The third-order valence-electron chi connectivity index (χ3n) is 2.17. The van der Waals surface area contributed by atoms with E-state index in [0.717, 1.165) is 12.1 Å². The van der Waals surface area contributed by atoms with Crippen LogP contribution in [0.15, 0.2) is 36.4 Å². The fourth-order valence-corrected chi connectivity index (χ4v) is 1.59. The van der Waals surface area contributed by atoms with Crippen molar-refractivity contribution in [2.24, 2.45) is 0 Å². The average Bonchev–Trinajstić information content (AvgIpc) is 2.19. The molecule has 1 nitrogen and oxygen atoms in total. The summed E-state index contributed by atoms with van der Waals surface area (Å²) in [5.41, 5.74) is 0.203. The molecule has 0 fully saturated rings. The molecule has 0 heterocycles. The molecule has 0 aliphatic rings. The average molecular weight is 241 g/mol. The molecule has 0 unspecified atom stereocenters. The summed E-state index contributed by atoms with van der Waals surface area (Å²) in [7, 11) is 0. The van der Waals surface area contributed by atoms with E-state index in [0.29, 0.717) is 0 Å². The largest absolute Gasteiger partial charge is 0.508 e. The van der Waals surface area contributed by atoms with Gasteiger partial charge in [-0.3, -0.25) is 0 Å². The van der Waals surface area contributed by atoms with Crippen LogP contribution in [0.5, 0.6) is 5.75 Å². The van der Waals surface area contributed by atoms with Crippen molar-refractivity contribution in [3.8, 4) is 16.9 Å². The maximum absolute atomic E-state index is 13.5. The van der Waals surface area contributed by atoms with Crippen LogP contribution in [0.25, 0.3) is 11.1 Å². The van der Waals surface area contributed by atoms with Gasteiger partial charge in [-0.25, -0.2) is 8.78 Å². The van der Waals surface area contributed by atoms with E-state index in [9.17, 15) is 8.78 Å². The number of hydrogen-bond acceptors (Lipinski definition) is 1. The quantitative estimate of drug-likeness (QED) is 0.799. The second-order valence-corrected chi connectivity index (χ2v) is 3.72. The number of benzene rings is 2. The fourth-order valence-electron chi connectivity index (χ4n) is 1.43. The number of phenols is 1. The smallest absolute Gasteiger partial charge is 0.134 e. The summed E-state index contributed by atoms with van der Waals surface area (Å²) in [6.07, 6.45) is 0. The first-order chi connectivity index (χ1) is 7.58. The third kappa shape index (κ3) is 1.99. The number of halogens is 3. The molecule has 1 N–H and O–H groups in total. The van der Waals surface area contributed by atoms with Crippen LogP contribution >= 0.6 is 11.6 Å². The Bertz CT molecular complexity index is 491. The maximum Gasteiger partial charge on any atom is 0.134 e. The summed E-state index contributed by atoms with van der Waals surface area (Å²) in [6, 6.07) is 7.54. The van der Waals surface area contributed by atoms with Gasteiger partial charge in [0.05, 0.1) is 0 Å². The topological polar surface area (TPSA) is 20.2 Å². The Balaban J connectivity index is 2.59. The molecule has 0 aromatic heterocycles. The summed E-state index contributed by atoms with van der Waals surface area (Å²) in [5, 5.41) is 9.29. The second-order valence-electron chi connectivity index (χ2n) is 3.29. The molecule has 0 saturated carbocycles. The standard InChI is InChI=1S/C12H7ClF2O/c13-7-1-3-9(11(14)5-7)10-4-2-8(16)6-12(10)15/h1-6,16H. The SMILES string of the molecule is Oc1ccc(-c2ccc(Cl)cc2F)c(F)c1. The summed E-state index contributed by atoms with van der Waals surface area (Å²) < 4.78 is 27.0. The van der Waals surface area contributed by atoms with E-state index in [-0.39, 0.29) is 21.9 Å². The van der Waals surface area contributed by atoms with E-state index in [1.807, 2.05) is 0 Å². The molecule has 2 rings (SSSR count). The first kappa shape index (κ1) is 10.9. The Morgan fingerprint density at radius 2 is 1.44 bits per heavy atom. The lowest BCUT2D eigenvalue weighted by Crippen LogP contribution is -1.88. The molecule has 0 amide bonds. The highest BCUT2D eigenvalue weighted by Crippen LogP contribution is 2.29. The van der Waals surface area contributed by atoms with Crippen molar-refractivity contribution in [2.75, 3.05) is 0 Å². The van der Waals surface area contributed by atoms with Gasteiger partial charge >= 0.3 is 0 Å². The third-order valence-corrected chi connectivity index (χ3v) is 2.41. The van der Waals surface area contributed by atoms with Gasteiger partial charge < -0.3 is 5.11 Å². The zero-order valence-electron chi connectivity index (χ0n) is 8.05. The molecule has 0 atom stereocenters. The van der Waals surface area contributed by atoms with Crippen LogP contribution < -0.4 is 0 Å². The van der Waals surface area contributed by atoms with Crippen LogP contribution in [0.1, 0.15) is 0 Å². The van der Waals surface area contributed by atoms with Gasteiger partial charge in [0.2, 0.25) is 0 Å². The molecule has 0 saturated heterocycles. The molecule has 16 heavy (non-hydrogen) atoms. The molecular weight excluding hydrogens is 234 g/mol. The summed E-state index contributed by atoms with van der Waals surface area (Å²) in [4.78, 5) is 0. The molecule has 82 valence electrons. The molecule has 4 heteroatoms. The molecular formula is C12H7ClF2O. The van der Waals surface area contributed by atoms with Crippen LogP contribution in [0.2, 0.25) is 5.02 Å². The van der Waals surface area contributed by atoms with Gasteiger partial charge in [-0.15, -0.1) is 0 Å². The van der Waals surface area contributed by atoms with Gasteiger partial charge in [-0.05, 0) is 30.3 Å². The van der Waals surface area contributed by atoms with Gasteiger partial charge in [-0.1, -0.05) is 11.6 Å². The van der Waals surface area contributed by atoms with Crippen molar-refractivity contribution in [3.63, 3.8) is 0 Å². The van der Waals surface area contributed by atoms with Crippen LogP contribution in [-0.4, -0.2) is 5.11 Å². The highest BCUT2D eigenvalue weighted by atomic mass is 35.5. The predicted molar refractivity (Wildman–Crippen MR) is 58.5 cm³/mol. The van der Waals surface area contributed by atoms with Crippen LogP contribution in [0, 0.1) is 11.6 Å². The van der Waals surface area contributed by atoms with Crippen LogP contribution in [0.4, 0.5) is 8.78 Å². The fraction of sp³-hybridized carbons (Fsp3) is 0. The monoisotopic (exact) mass is 240 g/mol. The van der Waals surface area contributed by atoms with Crippen molar-refractivity contribution in [1.82, 2.24) is 0 Å². The summed E-state index contributed by atoms with van der Waals surface area (Å²) in [6.45, 7) is 0. The summed E-state index contributed by atoms with van der Waals surface area (Å²) >= 11 is 5.60. The minimum Gasteiger partial charge on any atom is -0.508 e. The molecule has 2 aromatic carbocycles. The van der Waals surface area contributed by atoms with Gasteiger partial charge in [-0.2, -0.15) is 0 Å². The van der Waals surface area contributed by atoms with Crippen LogP contribution in [-0.2, 0) is 0 Å².